The van der Waals surface area contributed by atoms with Crippen molar-refractivity contribution in [3.8, 4) is 0 Å². The van der Waals surface area contributed by atoms with Crippen LogP contribution in [0.5, 0.6) is 0 Å². The fourth-order valence-corrected chi connectivity index (χ4v) is 4.01. The van der Waals surface area contributed by atoms with Gasteiger partial charge in [-0.1, -0.05) is 91.0 Å². The lowest BCUT2D eigenvalue weighted by molar-refractivity contribution is -0.134. The Morgan fingerprint density at radius 2 is 1.16 bits per heavy atom. The predicted molar refractivity (Wildman–Crippen MR) is 129 cm³/mol. The summed E-state index contributed by atoms with van der Waals surface area (Å²) < 4.78 is 0. The molecule has 1 atom stereocenters. The second-order valence-electron chi connectivity index (χ2n) is 8.34. The van der Waals surface area contributed by atoms with Gasteiger partial charge in [-0.05, 0) is 44.5 Å². The van der Waals surface area contributed by atoms with Crippen LogP contribution in [0, 0.1) is 0 Å². The van der Waals surface area contributed by atoms with Gasteiger partial charge in [0.15, 0.2) is 0 Å². The SMILES string of the molecule is CCN(C(=O)C(c1ccccc1)c1ccccc1)C(CN(C)C(C)C)c1ccccc1. The molecule has 0 N–H and O–H groups in total. The van der Waals surface area contributed by atoms with E-state index in [1.54, 1.807) is 0 Å². The molecule has 0 radical (unpaired) electrons. The Balaban J connectivity index is 2.03. The fourth-order valence-electron chi connectivity index (χ4n) is 4.01. The first kappa shape index (κ1) is 22.8. The minimum Gasteiger partial charge on any atom is -0.334 e. The molecule has 0 fully saturated rings. The molecule has 162 valence electrons. The Labute approximate surface area is 187 Å². The zero-order valence-corrected chi connectivity index (χ0v) is 19.1. The first-order chi connectivity index (χ1) is 15.0. The quantitative estimate of drug-likeness (QED) is 0.445. The Hall–Kier alpha value is -2.91. The van der Waals surface area contributed by atoms with Crippen LogP contribution >= 0.6 is 0 Å². The number of hydrogen-bond acceptors (Lipinski definition) is 2. The first-order valence-electron chi connectivity index (χ1n) is 11.2. The molecule has 0 aromatic heterocycles. The summed E-state index contributed by atoms with van der Waals surface area (Å²) in [4.78, 5) is 18.5. The molecule has 1 amide bonds. The van der Waals surface area contributed by atoms with Crippen LogP contribution in [0.1, 0.15) is 49.4 Å². The molecule has 3 rings (SSSR count). The largest absolute Gasteiger partial charge is 0.334 e. The van der Waals surface area contributed by atoms with Crippen LogP contribution in [0.25, 0.3) is 0 Å². The monoisotopic (exact) mass is 414 g/mol. The highest BCUT2D eigenvalue weighted by molar-refractivity contribution is 5.87. The van der Waals surface area contributed by atoms with Gasteiger partial charge in [0.05, 0.1) is 12.0 Å². The zero-order chi connectivity index (χ0) is 22.2. The Kier molecular flexibility index (Phi) is 8.02. The topological polar surface area (TPSA) is 23.6 Å². The van der Waals surface area contributed by atoms with E-state index in [0.29, 0.717) is 12.6 Å². The summed E-state index contributed by atoms with van der Waals surface area (Å²) in [5.41, 5.74) is 3.23. The average molecular weight is 415 g/mol. The van der Waals surface area contributed by atoms with Crippen molar-refractivity contribution in [1.29, 1.82) is 0 Å². The lowest BCUT2D eigenvalue weighted by Crippen LogP contribution is -2.44. The van der Waals surface area contributed by atoms with Crippen LogP contribution in [0.3, 0.4) is 0 Å². The molecule has 1 unspecified atom stereocenters. The minimum absolute atomic E-state index is 0.0129. The number of hydrogen-bond donors (Lipinski definition) is 0. The maximum Gasteiger partial charge on any atom is 0.235 e. The summed E-state index contributed by atoms with van der Waals surface area (Å²) in [5, 5.41) is 0. The van der Waals surface area contributed by atoms with Gasteiger partial charge in [0.2, 0.25) is 5.91 Å². The van der Waals surface area contributed by atoms with E-state index in [9.17, 15) is 4.79 Å². The molecule has 0 heterocycles. The van der Waals surface area contributed by atoms with Crippen LogP contribution in [0.15, 0.2) is 91.0 Å². The average Bonchev–Trinajstić information content (AvgIpc) is 2.81. The highest BCUT2D eigenvalue weighted by atomic mass is 16.2. The second kappa shape index (κ2) is 10.9. The molecule has 3 aromatic carbocycles. The van der Waals surface area contributed by atoms with Crippen molar-refractivity contribution in [2.24, 2.45) is 0 Å². The summed E-state index contributed by atoms with van der Waals surface area (Å²) in [7, 11) is 2.13. The van der Waals surface area contributed by atoms with Gasteiger partial charge in [-0.2, -0.15) is 0 Å². The molecule has 0 spiro atoms. The Morgan fingerprint density at radius 3 is 1.55 bits per heavy atom. The molecular weight excluding hydrogens is 380 g/mol. The van der Waals surface area contributed by atoms with E-state index in [-0.39, 0.29) is 17.9 Å². The third kappa shape index (κ3) is 5.62. The van der Waals surface area contributed by atoms with Crippen molar-refractivity contribution in [1.82, 2.24) is 9.80 Å². The molecule has 0 saturated carbocycles. The maximum atomic E-state index is 14.1. The lowest BCUT2D eigenvalue weighted by atomic mass is 9.89. The minimum atomic E-state index is -0.321. The fraction of sp³-hybridized carbons (Fsp3) is 0.321. The molecule has 3 nitrogen and oxygen atoms in total. The van der Waals surface area contributed by atoms with Gasteiger partial charge < -0.3 is 9.80 Å². The van der Waals surface area contributed by atoms with Crippen LogP contribution in [0.4, 0.5) is 0 Å². The summed E-state index contributed by atoms with van der Waals surface area (Å²) >= 11 is 0. The normalized spacial score (nSPS) is 12.4. The van der Waals surface area contributed by atoms with Gasteiger partial charge >= 0.3 is 0 Å². The Bertz CT molecular complexity index is 886. The van der Waals surface area contributed by atoms with Crippen molar-refractivity contribution in [3.05, 3.63) is 108 Å². The van der Waals surface area contributed by atoms with E-state index in [4.69, 9.17) is 0 Å². The molecule has 0 aliphatic heterocycles. The van der Waals surface area contributed by atoms with E-state index < -0.39 is 0 Å². The number of rotatable bonds is 9. The summed E-state index contributed by atoms with van der Waals surface area (Å²) in [6.45, 7) is 7.90. The molecule has 3 aromatic rings. The molecule has 3 heteroatoms. The highest BCUT2D eigenvalue weighted by Gasteiger charge is 2.32. The predicted octanol–water partition coefficient (Wildman–Crippen LogP) is 5.75. The smallest absolute Gasteiger partial charge is 0.235 e. The van der Waals surface area contributed by atoms with Gasteiger partial charge in [0.25, 0.3) is 0 Å². The number of carbonyl (C=O) groups excluding carboxylic acids is 1. The van der Waals surface area contributed by atoms with Gasteiger partial charge in [-0.25, -0.2) is 0 Å². The number of amides is 1. The van der Waals surface area contributed by atoms with E-state index >= 15 is 0 Å². The van der Waals surface area contributed by atoms with Crippen molar-refractivity contribution in [3.63, 3.8) is 0 Å². The van der Waals surface area contributed by atoms with Crippen LogP contribution in [-0.2, 0) is 4.79 Å². The van der Waals surface area contributed by atoms with Gasteiger partial charge in [0, 0.05) is 19.1 Å². The summed E-state index contributed by atoms with van der Waals surface area (Å²) in [5.74, 6) is -0.177. The second-order valence-corrected chi connectivity index (χ2v) is 8.34. The van der Waals surface area contributed by atoms with Crippen molar-refractivity contribution in [2.75, 3.05) is 20.1 Å². The zero-order valence-electron chi connectivity index (χ0n) is 19.1. The van der Waals surface area contributed by atoms with Gasteiger partial charge in [0.1, 0.15) is 0 Å². The van der Waals surface area contributed by atoms with E-state index in [2.05, 4.69) is 86.1 Å². The van der Waals surface area contributed by atoms with Crippen molar-refractivity contribution in [2.45, 2.75) is 38.8 Å². The first-order valence-corrected chi connectivity index (χ1v) is 11.2. The molecule has 0 saturated heterocycles. The van der Waals surface area contributed by atoms with Crippen molar-refractivity contribution >= 4 is 5.91 Å². The van der Waals surface area contributed by atoms with Crippen LogP contribution in [-0.4, -0.2) is 41.9 Å². The number of nitrogens with zero attached hydrogens (tertiary/aromatic N) is 2. The number of likely N-dealkylation sites (N-methyl/N-ethyl adjacent to an activating group) is 2. The third-order valence-corrected chi connectivity index (χ3v) is 6.04. The lowest BCUT2D eigenvalue weighted by Gasteiger charge is -2.37. The molecule has 0 aliphatic rings. The number of carbonyl (C=O) groups is 1. The van der Waals surface area contributed by atoms with E-state index in [1.807, 2.05) is 42.5 Å². The summed E-state index contributed by atoms with van der Waals surface area (Å²) in [6.07, 6.45) is 0. The molecule has 0 bridgehead atoms. The van der Waals surface area contributed by atoms with Gasteiger partial charge in [-0.3, -0.25) is 4.79 Å². The van der Waals surface area contributed by atoms with Crippen molar-refractivity contribution < 1.29 is 4.79 Å². The highest BCUT2D eigenvalue weighted by Crippen LogP contribution is 2.31. The maximum absolute atomic E-state index is 14.1. The van der Waals surface area contributed by atoms with E-state index in [1.165, 1.54) is 5.56 Å². The molecule has 0 aliphatic carbocycles. The number of benzene rings is 3. The third-order valence-electron chi connectivity index (χ3n) is 6.04. The van der Waals surface area contributed by atoms with Crippen LogP contribution < -0.4 is 0 Å². The Morgan fingerprint density at radius 1 is 0.742 bits per heavy atom. The van der Waals surface area contributed by atoms with Gasteiger partial charge in [-0.15, -0.1) is 0 Å². The van der Waals surface area contributed by atoms with E-state index in [0.717, 1.165) is 17.7 Å². The standard InChI is InChI=1S/C28H34N2O/c1-5-30(26(21-29(4)22(2)3)23-15-9-6-10-16-23)28(31)27(24-17-11-7-12-18-24)25-19-13-8-14-20-25/h6-20,22,26-27H,5,21H2,1-4H3. The molecular formula is C28H34N2O. The summed E-state index contributed by atoms with van der Waals surface area (Å²) in [6, 6.07) is 31.1. The van der Waals surface area contributed by atoms with Crippen LogP contribution in [0.2, 0.25) is 0 Å². The molecule has 31 heavy (non-hydrogen) atoms.